The van der Waals surface area contributed by atoms with Gasteiger partial charge in [0.25, 0.3) is 0 Å². The third-order valence-corrected chi connectivity index (χ3v) is 2.44. The molecule has 0 N–H and O–H groups in total. The molecule has 0 aliphatic rings. The van der Waals surface area contributed by atoms with E-state index in [1.54, 1.807) is 24.3 Å². The molecule has 0 fully saturated rings. The molecule has 0 atom stereocenters. The molecule has 0 aliphatic heterocycles. The maximum Gasteiger partial charge on any atom is 0.229 e. The number of carbonyl (C=O) groups excluding carboxylic acids is 1. The van der Waals surface area contributed by atoms with Crippen molar-refractivity contribution in [2.24, 2.45) is 5.92 Å². The summed E-state index contributed by atoms with van der Waals surface area (Å²) in [5.41, 5.74) is 1.63. The van der Waals surface area contributed by atoms with Gasteiger partial charge in [-0.25, -0.2) is 0 Å². The molecule has 0 saturated heterocycles. The maximum absolute atomic E-state index is 11.7. The first kappa shape index (κ1) is 10.9. The highest BCUT2D eigenvalue weighted by Crippen LogP contribution is 2.22. The molecule has 1 aromatic carbocycles. The Labute approximate surface area is 97.7 Å². The average molecular weight is 224 g/mol. The fraction of sp³-hybridized carbons (Fsp3) is 0.154. The SMILES string of the molecule is Cc1ccc2oc(C(=O)C(C#N)C#N)cc2c1. The van der Waals surface area contributed by atoms with E-state index in [0.717, 1.165) is 10.9 Å². The molecule has 2 rings (SSSR count). The van der Waals surface area contributed by atoms with E-state index in [1.807, 2.05) is 19.1 Å². The van der Waals surface area contributed by atoms with Crippen LogP contribution in [0.3, 0.4) is 0 Å². The van der Waals surface area contributed by atoms with Crippen LogP contribution in [0.4, 0.5) is 0 Å². The molecule has 0 bridgehead atoms. The highest BCUT2D eigenvalue weighted by Gasteiger charge is 2.22. The molecule has 4 heteroatoms. The number of aryl methyl sites for hydroxylation is 1. The molecule has 1 heterocycles. The van der Waals surface area contributed by atoms with Crippen LogP contribution in [0.25, 0.3) is 11.0 Å². The van der Waals surface area contributed by atoms with Crippen molar-refractivity contribution in [2.75, 3.05) is 0 Å². The van der Waals surface area contributed by atoms with E-state index >= 15 is 0 Å². The number of hydrogen-bond acceptors (Lipinski definition) is 4. The lowest BCUT2D eigenvalue weighted by Gasteiger charge is -1.93. The molecule has 0 spiro atoms. The number of Topliss-reactive ketones (excluding diaryl/α,β-unsaturated/α-hetero) is 1. The Bertz CT molecular complexity index is 657. The van der Waals surface area contributed by atoms with Gasteiger partial charge in [-0.3, -0.25) is 4.79 Å². The van der Waals surface area contributed by atoms with Gasteiger partial charge in [0.05, 0.1) is 12.1 Å². The molecule has 4 nitrogen and oxygen atoms in total. The predicted octanol–water partition coefficient (Wildman–Crippen LogP) is 2.59. The summed E-state index contributed by atoms with van der Waals surface area (Å²) >= 11 is 0. The van der Waals surface area contributed by atoms with Crippen LogP contribution in [-0.2, 0) is 0 Å². The van der Waals surface area contributed by atoms with E-state index in [4.69, 9.17) is 14.9 Å². The number of nitriles is 2. The third-order valence-electron chi connectivity index (χ3n) is 2.44. The van der Waals surface area contributed by atoms with Gasteiger partial charge in [-0.05, 0) is 25.1 Å². The summed E-state index contributed by atoms with van der Waals surface area (Å²) in [6.07, 6.45) is 0. The van der Waals surface area contributed by atoms with E-state index in [0.29, 0.717) is 5.58 Å². The van der Waals surface area contributed by atoms with Gasteiger partial charge in [0, 0.05) is 5.39 Å². The quantitative estimate of drug-likeness (QED) is 0.734. The highest BCUT2D eigenvalue weighted by molar-refractivity contribution is 6.01. The van der Waals surface area contributed by atoms with Crippen molar-refractivity contribution < 1.29 is 9.21 Å². The lowest BCUT2D eigenvalue weighted by Crippen LogP contribution is -2.09. The van der Waals surface area contributed by atoms with Crippen molar-refractivity contribution in [2.45, 2.75) is 6.92 Å². The second kappa shape index (κ2) is 4.11. The largest absolute Gasteiger partial charge is 0.453 e. The Kier molecular flexibility index (Phi) is 2.64. The fourth-order valence-electron chi connectivity index (χ4n) is 1.57. The molecular formula is C13H8N2O2. The van der Waals surface area contributed by atoms with Crippen molar-refractivity contribution >= 4 is 16.8 Å². The van der Waals surface area contributed by atoms with Crippen LogP contribution in [0, 0.1) is 35.5 Å². The van der Waals surface area contributed by atoms with E-state index < -0.39 is 11.7 Å². The first-order valence-corrected chi connectivity index (χ1v) is 4.99. The first-order valence-electron chi connectivity index (χ1n) is 4.99. The van der Waals surface area contributed by atoms with Crippen molar-refractivity contribution in [3.8, 4) is 12.1 Å². The Hall–Kier alpha value is -2.59. The van der Waals surface area contributed by atoms with Gasteiger partial charge in [-0.2, -0.15) is 10.5 Å². The number of fused-ring (bicyclic) bond motifs is 1. The van der Waals surface area contributed by atoms with Crippen LogP contribution in [0.1, 0.15) is 16.1 Å². The number of ketones is 1. The van der Waals surface area contributed by atoms with Gasteiger partial charge in [0.15, 0.2) is 11.7 Å². The zero-order chi connectivity index (χ0) is 12.4. The van der Waals surface area contributed by atoms with Gasteiger partial charge in [-0.15, -0.1) is 0 Å². The van der Waals surface area contributed by atoms with Gasteiger partial charge in [0.1, 0.15) is 5.58 Å². The van der Waals surface area contributed by atoms with Crippen molar-refractivity contribution in [3.63, 3.8) is 0 Å². The second-order valence-electron chi connectivity index (χ2n) is 3.71. The fourth-order valence-corrected chi connectivity index (χ4v) is 1.57. The molecule has 0 radical (unpaired) electrons. The summed E-state index contributed by atoms with van der Waals surface area (Å²) in [7, 11) is 0. The van der Waals surface area contributed by atoms with Crippen LogP contribution in [-0.4, -0.2) is 5.78 Å². The van der Waals surface area contributed by atoms with Crippen LogP contribution < -0.4 is 0 Å². The number of carbonyl (C=O) groups is 1. The van der Waals surface area contributed by atoms with Gasteiger partial charge >= 0.3 is 0 Å². The zero-order valence-corrected chi connectivity index (χ0v) is 9.10. The summed E-state index contributed by atoms with van der Waals surface area (Å²) in [5.74, 6) is -1.85. The van der Waals surface area contributed by atoms with Crippen LogP contribution in [0.5, 0.6) is 0 Å². The standard InChI is InChI=1S/C13H8N2O2/c1-8-2-3-11-9(4-8)5-12(17-11)13(16)10(6-14)7-15/h2-5,10H,1H3. The average Bonchev–Trinajstić information content (AvgIpc) is 2.73. The van der Waals surface area contributed by atoms with E-state index in [2.05, 4.69) is 0 Å². The highest BCUT2D eigenvalue weighted by atomic mass is 16.3. The molecule has 0 unspecified atom stereocenters. The lowest BCUT2D eigenvalue weighted by molar-refractivity contribution is 0.0946. The molecular weight excluding hydrogens is 216 g/mol. The third kappa shape index (κ3) is 1.89. The normalized spacial score (nSPS) is 10.1. The molecule has 0 aliphatic carbocycles. The van der Waals surface area contributed by atoms with Gasteiger partial charge in [-0.1, -0.05) is 11.6 Å². The lowest BCUT2D eigenvalue weighted by atomic mass is 10.1. The number of furan rings is 1. The van der Waals surface area contributed by atoms with Crippen LogP contribution >= 0.6 is 0 Å². The molecule has 2 aromatic rings. The molecule has 1 aromatic heterocycles. The topological polar surface area (TPSA) is 77.8 Å². The Morgan fingerprint density at radius 3 is 2.65 bits per heavy atom. The van der Waals surface area contributed by atoms with E-state index in [1.165, 1.54) is 0 Å². The smallest absolute Gasteiger partial charge is 0.229 e. The summed E-state index contributed by atoms with van der Waals surface area (Å²) in [6, 6.07) is 10.3. The minimum Gasteiger partial charge on any atom is -0.453 e. The summed E-state index contributed by atoms with van der Waals surface area (Å²) < 4.78 is 5.32. The Balaban J connectivity index is 2.48. The zero-order valence-electron chi connectivity index (χ0n) is 9.10. The molecule has 0 saturated carbocycles. The van der Waals surface area contributed by atoms with Crippen LogP contribution in [0.2, 0.25) is 0 Å². The maximum atomic E-state index is 11.7. The molecule has 0 amide bonds. The van der Waals surface area contributed by atoms with Crippen molar-refractivity contribution in [3.05, 3.63) is 35.6 Å². The molecule has 82 valence electrons. The van der Waals surface area contributed by atoms with Crippen molar-refractivity contribution in [1.29, 1.82) is 10.5 Å². The van der Waals surface area contributed by atoms with E-state index in [9.17, 15) is 4.79 Å². The Morgan fingerprint density at radius 2 is 2.00 bits per heavy atom. The summed E-state index contributed by atoms with van der Waals surface area (Å²) in [4.78, 5) is 11.7. The predicted molar refractivity (Wildman–Crippen MR) is 60.0 cm³/mol. The van der Waals surface area contributed by atoms with Gasteiger partial charge < -0.3 is 4.42 Å². The minimum absolute atomic E-state index is 0.0544. The number of nitrogens with zero attached hydrogens (tertiary/aromatic N) is 2. The monoisotopic (exact) mass is 224 g/mol. The van der Waals surface area contributed by atoms with Crippen molar-refractivity contribution in [1.82, 2.24) is 0 Å². The number of rotatable bonds is 2. The summed E-state index contributed by atoms with van der Waals surface area (Å²) in [5, 5.41) is 18.1. The number of hydrogen-bond donors (Lipinski definition) is 0. The second-order valence-corrected chi connectivity index (χ2v) is 3.71. The minimum atomic E-state index is -1.31. The Morgan fingerprint density at radius 1 is 1.29 bits per heavy atom. The van der Waals surface area contributed by atoms with Gasteiger partial charge in [0.2, 0.25) is 5.78 Å². The first-order chi connectivity index (χ1) is 8.15. The number of benzene rings is 1. The summed E-state index contributed by atoms with van der Waals surface area (Å²) in [6.45, 7) is 1.93. The van der Waals surface area contributed by atoms with E-state index in [-0.39, 0.29) is 5.76 Å². The molecule has 17 heavy (non-hydrogen) atoms. The van der Waals surface area contributed by atoms with Crippen LogP contribution in [0.15, 0.2) is 28.7 Å².